The molecule has 4 nitrogen and oxygen atoms in total. The van der Waals surface area contributed by atoms with Crippen LogP contribution in [0.3, 0.4) is 0 Å². The number of nitro groups is 1. The van der Waals surface area contributed by atoms with Crippen molar-refractivity contribution in [2.75, 3.05) is 0 Å². The van der Waals surface area contributed by atoms with Crippen LogP contribution in [0.4, 0.5) is 0 Å². The molecule has 1 heterocycles. The number of hydrogen-bond acceptors (Lipinski definition) is 4. The zero-order chi connectivity index (χ0) is 8.27. The van der Waals surface area contributed by atoms with Gasteiger partial charge in [-0.15, -0.1) is 11.3 Å². The zero-order valence-electron chi connectivity index (χ0n) is 5.85. The Labute approximate surface area is 67.3 Å². The number of rotatable bonds is 2. The lowest BCUT2D eigenvalue weighted by atomic mass is 10.4. The van der Waals surface area contributed by atoms with Gasteiger partial charge in [-0.1, -0.05) is 0 Å². The Balaban J connectivity index is 2.82. The van der Waals surface area contributed by atoms with E-state index in [4.69, 9.17) is 0 Å². The molecule has 0 unspecified atom stereocenters. The minimum absolute atomic E-state index is 0.111. The number of aromatic nitrogens is 1. The lowest BCUT2D eigenvalue weighted by molar-refractivity contribution is -0.422. The Morgan fingerprint density at radius 1 is 1.91 bits per heavy atom. The van der Waals surface area contributed by atoms with Gasteiger partial charge in [0.05, 0.1) is 4.92 Å². The van der Waals surface area contributed by atoms with Gasteiger partial charge in [-0.2, -0.15) is 0 Å². The summed E-state index contributed by atoms with van der Waals surface area (Å²) in [6.45, 7) is 1.45. The highest BCUT2D eigenvalue weighted by atomic mass is 32.1. The molecule has 0 atom stereocenters. The maximum absolute atomic E-state index is 10.1. The van der Waals surface area contributed by atoms with Gasteiger partial charge < -0.3 is 0 Å². The first-order valence-corrected chi connectivity index (χ1v) is 3.80. The van der Waals surface area contributed by atoms with Crippen molar-refractivity contribution < 1.29 is 4.92 Å². The summed E-state index contributed by atoms with van der Waals surface area (Å²) in [4.78, 5) is 13.6. The van der Waals surface area contributed by atoms with E-state index in [1.165, 1.54) is 24.3 Å². The van der Waals surface area contributed by atoms with E-state index < -0.39 is 4.92 Å². The van der Waals surface area contributed by atoms with Gasteiger partial charge in [-0.25, -0.2) is 4.98 Å². The van der Waals surface area contributed by atoms with Gasteiger partial charge in [0.25, 0.3) is 0 Å². The van der Waals surface area contributed by atoms with Crippen LogP contribution in [0.2, 0.25) is 0 Å². The van der Waals surface area contributed by atoms with Crippen LogP contribution in [0.5, 0.6) is 0 Å². The smallest absolute Gasteiger partial charge is 0.246 e. The number of nitrogens with zero attached hydrogens (tertiary/aromatic N) is 2. The van der Waals surface area contributed by atoms with Crippen LogP contribution < -0.4 is 0 Å². The van der Waals surface area contributed by atoms with Gasteiger partial charge in [0.15, 0.2) is 0 Å². The fourth-order valence-corrected chi connectivity index (χ4v) is 1.16. The van der Waals surface area contributed by atoms with Crippen molar-refractivity contribution in [2.45, 2.75) is 6.92 Å². The Kier molecular flexibility index (Phi) is 2.32. The van der Waals surface area contributed by atoms with E-state index in [1.54, 1.807) is 11.6 Å². The molecule has 1 aromatic rings. The summed E-state index contributed by atoms with van der Waals surface area (Å²) in [6, 6.07) is 0. The monoisotopic (exact) mass is 170 g/mol. The van der Waals surface area contributed by atoms with Crippen LogP contribution in [0, 0.1) is 10.1 Å². The summed E-state index contributed by atoms with van der Waals surface area (Å²) in [5.74, 6) is 0. The average molecular weight is 170 g/mol. The van der Waals surface area contributed by atoms with Crippen molar-refractivity contribution >= 4 is 17.4 Å². The highest BCUT2D eigenvalue weighted by Gasteiger charge is 2.02. The fraction of sp³-hybridized carbons (Fsp3) is 0.167. The first kappa shape index (κ1) is 7.87. The highest BCUT2D eigenvalue weighted by molar-refractivity contribution is 7.10. The Morgan fingerprint density at radius 2 is 2.64 bits per heavy atom. The largest absolute Gasteiger partial charge is 0.259 e. The second kappa shape index (κ2) is 3.25. The van der Waals surface area contributed by atoms with Crippen molar-refractivity contribution in [3.63, 3.8) is 0 Å². The predicted molar refractivity (Wildman–Crippen MR) is 42.8 cm³/mol. The molecule has 0 saturated carbocycles. The molecule has 1 aromatic heterocycles. The molecule has 58 valence electrons. The SMILES string of the molecule is C/C(=C\c1nccs1)[N+](=O)[O-]. The third-order valence-electron chi connectivity index (χ3n) is 1.07. The second-order valence-corrected chi connectivity index (χ2v) is 2.84. The van der Waals surface area contributed by atoms with Crippen LogP contribution in [-0.4, -0.2) is 9.91 Å². The minimum Gasteiger partial charge on any atom is -0.259 e. The van der Waals surface area contributed by atoms with Crippen LogP contribution in [0.15, 0.2) is 17.3 Å². The normalized spacial score (nSPS) is 11.5. The van der Waals surface area contributed by atoms with Gasteiger partial charge in [0.1, 0.15) is 5.01 Å². The molecule has 0 radical (unpaired) electrons. The molecule has 11 heavy (non-hydrogen) atoms. The highest BCUT2D eigenvalue weighted by Crippen LogP contribution is 2.09. The first-order chi connectivity index (χ1) is 5.20. The Morgan fingerprint density at radius 3 is 3.09 bits per heavy atom. The van der Waals surface area contributed by atoms with Gasteiger partial charge in [-0.05, 0) is 0 Å². The first-order valence-electron chi connectivity index (χ1n) is 2.92. The number of thiazole rings is 1. The molecular weight excluding hydrogens is 164 g/mol. The maximum Gasteiger partial charge on any atom is 0.246 e. The molecule has 5 heteroatoms. The maximum atomic E-state index is 10.1. The molecular formula is C6H6N2O2S. The molecule has 0 aliphatic rings. The van der Waals surface area contributed by atoms with Crippen LogP contribution >= 0.6 is 11.3 Å². The number of allylic oxidation sites excluding steroid dienone is 1. The van der Waals surface area contributed by atoms with Crippen LogP contribution in [-0.2, 0) is 0 Å². The summed E-state index contributed by atoms with van der Waals surface area (Å²) in [6.07, 6.45) is 3.06. The third-order valence-corrected chi connectivity index (χ3v) is 1.79. The molecule has 0 aliphatic carbocycles. The van der Waals surface area contributed by atoms with E-state index in [-0.39, 0.29) is 5.70 Å². The van der Waals surface area contributed by atoms with E-state index in [0.29, 0.717) is 5.01 Å². The lowest BCUT2D eigenvalue weighted by Gasteiger charge is -1.85. The van der Waals surface area contributed by atoms with E-state index in [1.807, 2.05) is 0 Å². The van der Waals surface area contributed by atoms with Crippen LogP contribution in [0.25, 0.3) is 6.08 Å². The topological polar surface area (TPSA) is 56.0 Å². The van der Waals surface area contributed by atoms with Crippen molar-refractivity contribution in [3.8, 4) is 0 Å². The lowest BCUT2D eigenvalue weighted by Crippen LogP contribution is -1.92. The molecule has 0 amide bonds. The third kappa shape index (κ3) is 2.12. The van der Waals surface area contributed by atoms with E-state index in [2.05, 4.69) is 4.98 Å². The van der Waals surface area contributed by atoms with Crippen LogP contribution in [0.1, 0.15) is 11.9 Å². The molecule has 0 aromatic carbocycles. The average Bonchev–Trinajstić information content (AvgIpc) is 2.39. The molecule has 1 rings (SSSR count). The minimum atomic E-state index is -0.429. The van der Waals surface area contributed by atoms with Gasteiger partial charge in [-0.3, -0.25) is 10.1 Å². The summed E-state index contributed by atoms with van der Waals surface area (Å²) >= 11 is 1.38. The van der Waals surface area contributed by atoms with Crippen molar-refractivity contribution in [3.05, 3.63) is 32.4 Å². The summed E-state index contributed by atoms with van der Waals surface area (Å²) in [5.41, 5.74) is 0.111. The Bertz CT molecular complexity index is 279. The standard InChI is InChI=1S/C6H6N2O2S/c1-5(8(9)10)4-6-7-2-3-11-6/h2-4H,1H3/b5-4+. The molecule has 0 spiro atoms. The van der Waals surface area contributed by atoms with E-state index in [0.717, 1.165) is 0 Å². The molecule has 0 saturated heterocycles. The second-order valence-electron chi connectivity index (χ2n) is 1.91. The Hall–Kier alpha value is -1.23. The predicted octanol–water partition coefficient (Wildman–Crippen LogP) is 1.78. The fourth-order valence-electron chi connectivity index (χ4n) is 0.537. The van der Waals surface area contributed by atoms with Crippen molar-refractivity contribution in [2.24, 2.45) is 0 Å². The van der Waals surface area contributed by atoms with E-state index >= 15 is 0 Å². The summed E-state index contributed by atoms with van der Waals surface area (Å²) < 4.78 is 0. The van der Waals surface area contributed by atoms with Gasteiger partial charge in [0, 0.05) is 24.6 Å². The molecule has 0 fully saturated rings. The van der Waals surface area contributed by atoms with Crippen molar-refractivity contribution in [1.29, 1.82) is 0 Å². The van der Waals surface area contributed by atoms with Crippen molar-refractivity contribution in [1.82, 2.24) is 4.98 Å². The number of hydrogen-bond donors (Lipinski definition) is 0. The zero-order valence-corrected chi connectivity index (χ0v) is 6.67. The quantitative estimate of drug-likeness (QED) is 0.502. The molecule has 0 aliphatic heterocycles. The summed E-state index contributed by atoms with van der Waals surface area (Å²) in [5, 5.41) is 12.6. The summed E-state index contributed by atoms with van der Waals surface area (Å²) in [7, 11) is 0. The van der Waals surface area contributed by atoms with Gasteiger partial charge >= 0.3 is 0 Å². The molecule has 0 bridgehead atoms. The van der Waals surface area contributed by atoms with E-state index in [9.17, 15) is 10.1 Å². The molecule has 0 N–H and O–H groups in total. The van der Waals surface area contributed by atoms with Gasteiger partial charge in [0.2, 0.25) is 5.70 Å².